The van der Waals surface area contributed by atoms with Crippen LogP contribution in [-0.2, 0) is 0 Å². The van der Waals surface area contributed by atoms with Crippen LogP contribution in [0.25, 0.3) is 0 Å². The summed E-state index contributed by atoms with van der Waals surface area (Å²) in [5.74, 6) is 5.89. The van der Waals surface area contributed by atoms with Crippen LogP contribution >= 0.6 is 0 Å². The molecule has 0 saturated heterocycles. The Bertz CT molecular complexity index is 320. The standard InChI is InChI=1S/C18H30/c1-2-7-13-9-11-18-10-6-4-3-5-8-14(17(13)18)15-12-16(15)18/h13-17H,2-12H2,1H3. The molecule has 4 fully saturated rings. The Morgan fingerprint density at radius 3 is 2.72 bits per heavy atom. The lowest BCUT2D eigenvalue weighted by atomic mass is 9.67. The molecule has 0 heterocycles. The topological polar surface area (TPSA) is 0 Å². The number of hydrogen-bond acceptors (Lipinski definition) is 0. The summed E-state index contributed by atoms with van der Waals surface area (Å²) >= 11 is 0. The van der Waals surface area contributed by atoms with Gasteiger partial charge in [0.05, 0.1) is 0 Å². The fourth-order valence-electron chi connectivity index (χ4n) is 6.85. The van der Waals surface area contributed by atoms with E-state index in [0.29, 0.717) is 0 Å². The first kappa shape index (κ1) is 11.8. The van der Waals surface area contributed by atoms with Crippen LogP contribution in [0.5, 0.6) is 0 Å². The highest BCUT2D eigenvalue weighted by molar-refractivity contribution is 5.18. The third kappa shape index (κ3) is 1.50. The van der Waals surface area contributed by atoms with Crippen molar-refractivity contribution in [2.75, 3.05) is 0 Å². The van der Waals surface area contributed by atoms with Gasteiger partial charge < -0.3 is 0 Å². The van der Waals surface area contributed by atoms with Gasteiger partial charge in [-0.2, -0.15) is 0 Å². The van der Waals surface area contributed by atoms with Crippen molar-refractivity contribution in [1.82, 2.24) is 0 Å². The quantitative estimate of drug-likeness (QED) is 0.610. The lowest BCUT2D eigenvalue weighted by Crippen LogP contribution is -2.31. The van der Waals surface area contributed by atoms with Gasteiger partial charge in [0, 0.05) is 0 Å². The molecule has 0 aliphatic heterocycles. The Morgan fingerprint density at radius 2 is 1.83 bits per heavy atom. The molecule has 102 valence electrons. The van der Waals surface area contributed by atoms with Crippen molar-refractivity contribution < 1.29 is 0 Å². The highest BCUT2D eigenvalue weighted by atomic mass is 14.7. The van der Waals surface area contributed by atoms with Gasteiger partial charge in [-0.25, -0.2) is 0 Å². The highest BCUT2D eigenvalue weighted by Gasteiger charge is 2.69. The first-order valence-electron chi connectivity index (χ1n) is 8.87. The van der Waals surface area contributed by atoms with Crippen LogP contribution in [0.3, 0.4) is 0 Å². The van der Waals surface area contributed by atoms with Gasteiger partial charge in [-0.3, -0.25) is 0 Å². The molecule has 0 N–H and O–H groups in total. The Kier molecular flexibility index (Phi) is 2.79. The largest absolute Gasteiger partial charge is 0.0654 e. The zero-order valence-electron chi connectivity index (χ0n) is 12.2. The smallest absolute Gasteiger partial charge is 0.0233 e. The minimum absolute atomic E-state index is 0.875. The predicted octanol–water partition coefficient (Wildman–Crippen LogP) is 5.42. The molecule has 4 aliphatic rings. The van der Waals surface area contributed by atoms with Gasteiger partial charge in [-0.1, -0.05) is 45.4 Å². The molecule has 6 atom stereocenters. The average molecular weight is 246 g/mol. The third-order valence-corrected chi connectivity index (χ3v) is 7.33. The number of rotatable bonds is 2. The van der Waals surface area contributed by atoms with E-state index in [4.69, 9.17) is 0 Å². The van der Waals surface area contributed by atoms with E-state index in [2.05, 4.69) is 6.92 Å². The molecule has 6 unspecified atom stereocenters. The monoisotopic (exact) mass is 246 g/mol. The van der Waals surface area contributed by atoms with Crippen molar-refractivity contribution in [3.05, 3.63) is 0 Å². The van der Waals surface area contributed by atoms with Crippen LogP contribution in [0.4, 0.5) is 0 Å². The number of fused-ring (bicyclic) bond motifs is 2. The third-order valence-electron chi connectivity index (χ3n) is 7.33. The normalized spacial score (nSPS) is 54.2. The van der Waals surface area contributed by atoms with Crippen molar-refractivity contribution in [3.63, 3.8) is 0 Å². The van der Waals surface area contributed by atoms with E-state index >= 15 is 0 Å². The summed E-state index contributed by atoms with van der Waals surface area (Å²) in [6, 6.07) is 0. The minimum atomic E-state index is 0.875. The maximum absolute atomic E-state index is 2.41. The maximum atomic E-state index is 2.41. The molecule has 0 heteroatoms. The molecule has 4 saturated carbocycles. The van der Waals surface area contributed by atoms with Gasteiger partial charge in [0.15, 0.2) is 0 Å². The molecule has 2 bridgehead atoms. The fraction of sp³-hybridized carbons (Fsp3) is 1.00. The van der Waals surface area contributed by atoms with Gasteiger partial charge in [-0.05, 0) is 67.1 Å². The highest BCUT2D eigenvalue weighted by Crippen LogP contribution is 2.76. The Balaban J connectivity index is 1.65. The van der Waals surface area contributed by atoms with Gasteiger partial charge >= 0.3 is 0 Å². The van der Waals surface area contributed by atoms with Crippen molar-refractivity contribution in [2.45, 2.75) is 77.6 Å². The van der Waals surface area contributed by atoms with Crippen LogP contribution in [0, 0.1) is 35.0 Å². The molecule has 4 aliphatic carbocycles. The molecule has 0 aromatic heterocycles. The van der Waals surface area contributed by atoms with E-state index in [0.717, 1.165) is 11.3 Å². The van der Waals surface area contributed by atoms with Crippen molar-refractivity contribution in [3.8, 4) is 0 Å². The van der Waals surface area contributed by atoms with Crippen LogP contribution < -0.4 is 0 Å². The Morgan fingerprint density at radius 1 is 0.944 bits per heavy atom. The second-order valence-corrected chi connectivity index (χ2v) is 7.97. The molecule has 4 rings (SSSR count). The maximum Gasteiger partial charge on any atom is -0.0233 e. The summed E-state index contributed by atoms with van der Waals surface area (Å²) in [6.45, 7) is 2.41. The lowest BCUT2D eigenvalue weighted by molar-refractivity contribution is 0.111. The Hall–Kier alpha value is 0. The zero-order chi connectivity index (χ0) is 12.2. The number of hydrogen-bond donors (Lipinski definition) is 0. The van der Waals surface area contributed by atoms with Gasteiger partial charge in [0.2, 0.25) is 0 Å². The molecule has 0 aromatic carbocycles. The van der Waals surface area contributed by atoms with Crippen molar-refractivity contribution >= 4 is 0 Å². The minimum Gasteiger partial charge on any atom is -0.0654 e. The summed E-state index contributed by atoms with van der Waals surface area (Å²) in [7, 11) is 0. The molecule has 0 nitrogen and oxygen atoms in total. The average Bonchev–Trinajstić information content (AvgIpc) is 3.01. The molecule has 0 amide bonds. The summed E-state index contributed by atoms with van der Waals surface area (Å²) in [4.78, 5) is 0. The fourth-order valence-corrected chi connectivity index (χ4v) is 6.85. The molecular formula is C18H30. The van der Waals surface area contributed by atoms with Crippen LogP contribution in [-0.4, -0.2) is 0 Å². The second-order valence-electron chi connectivity index (χ2n) is 7.97. The van der Waals surface area contributed by atoms with E-state index in [1.54, 1.807) is 51.4 Å². The van der Waals surface area contributed by atoms with Gasteiger partial charge in [0.25, 0.3) is 0 Å². The Labute approximate surface area is 113 Å². The molecule has 0 spiro atoms. The zero-order valence-corrected chi connectivity index (χ0v) is 12.2. The van der Waals surface area contributed by atoms with E-state index in [-0.39, 0.29) is 0 Å². The van der Waals surface area contributed by atoms with Crippen LogP contribution in [0.15, 0.2) is 0 Å². The predicted molar refractivity (Wildman–Crippen MR) is 76.3 cm³/mol. The van der Waals surface area contributed by atoms with Crippen molar-refractivity contribution in [2.24, 2.45) is 35.0 Å². The second kappa shape index (κ2) is 4.25. The first-order valence-corrected chi connectivity index (χ1v) is 8.87. The first-order chi connectivity index (χ1) is 8.87. The van der Waals surface area contributed by atoms with Crippen molar-refractivity contribution in [1.29, 1.82) is 0 Å². The SMILES string of the molecule is CCCC1CCC23CCCCCCC(C4CC42)C13. The van der Waals surface area contributed by atoms with Crippen LogP contribution in [0.2, 0.25) is 0 Å². The summed E-state index contributed by atoms with van der Waals surface area (Å²) in [5, 5.41) is 0. The molecular weight excluding hydrogens is 216 g/mol. The summed E-state index contributed by atoms with van der Waals surface area (Å²) in [6.07, 6.45) is 17.2. The van der Waals surface area contributed by atoms with E-state index in [1.165, 1.54) is 42.9 Å². The van der Waals surface area contributed by atoms with Gasteiger partial charge in [-0.15, -0.1) is 0 Å². The lowest BCUT2D eigenvalue weighted by Gasteiger charge is -2.37. The molecule has 0 radical (unpaired) electrons. The summed E-state index contributed by atoms with van der Waals surface area (Å²) in [5.41, 5.74) is 0.875. The van der Waals surface area contributed by atoms with E-state index in [1.807, 2.05) is 0 Å². The molecule has 0 aromatic rings. The molecule has 18 heavy (non-hydrogen) atoms. The van der Waals surface area contributed by atoms with Crippen LogP contribution in [0.1, 0.15) is 77.6 Å². The van der Waals surface area contributed by atoms with E-state index in [9.17, 15) is 0 Å². The summed E-state index contributed by atoms with van der Waals surface area (Å²) < 4.78 is 0. The van der Waals surface area contributed by atoms with E-state index < -0.39 is 0 Å². The van der Waals surface area contributed by atoms with Gasteiger partial charge in [0.1, 0.15) is 0 Å².